The number of aryl methyl sites for hydroxylation is 1. The maximum Gasteiger partial charge on any atom is 0.0233 e. The molecule has 0 spiro atoms. The molecule has 0 radical (unpaired) electrons. The van der Waals surface area contributed by atoms with Crippen molar-refractivity contribution in [2.45, 2.75) is 46.6 Å². The highest BCUT2D eigenvalue weighted by Crippen LogP contribution is 2.20. The van der Waals surface area contributed by atoms with E-state index in [0.717, 1.165) is 24.9 Å². The molecule has 0 aliphatic rings. The lowest BCUT2D eigenvalue weighted by Crippen LogP contribution is -2.21. The largest absolute Gasteiger partial charge is 0.330 e. The molecule has 0 fully saturated rings. The second-order valence-corrected chi connectivity index (χ2v) is 6.39. The molecule has 0 saturated carbocycles. The molecule has 1 atom stereocenters. The Bertz CT molecular complexity index is 373. The lowest BCUT2D eigenvalue weighted by atomic mass is 9.88. The van der Waals surface area contributed by atoms with Crippen LogP contribution in [0.4, 0.5) is 0 Å². The summed E-state index contributed by atoms with van der Waals surface area (Å²) in [6.45, 7) is 9.87. The molecule has 114 valence electrons. The zero-order valence-electron chi connectivity index (χ0n) is 13.7. The van der Waals surface area contributed by atoms with E-state index in [4.69, 9.17) is 5.73 Å². The summed E-state index contributed by atoms with van der Waals surface area (Å²) in [5.74, 6) is 1.53. The molecule has 1 unspecified atom stereocenters. The van der Waals surface area contributed by atoms with E-state index in [-0.39, 0.29) is 0 Å². The van der Waals surface area contributed by atoms with Gasteiger partial charge in [-0.05, 0) is 69.3 Å². The molecule has 2 N–H and O–H groups in total. The fraction of sp³-hybridized carbons (Fsp3) is 0.667. The van der Waals surface area contributed by atoms with Crippen molar-refractivity contribution in [2.24, 2.45) is 17.6 Å². The van der Waals surface area contributed by atoms with E-state index >= 15 is 0 Å². The number of rotatable bonds is 9. The van der Waals surface area contributed by atoms with Crippen LogP contribution in [0.1, 0.15) is 44.2 Å². The van der Waals surface area contributed by atoms with Gasteiger partial charge in [0.1, 0.15) is 0 Å². The topological polar surface area (TPSA) is 29.3 Å². The minimum absolute atomic E-state index is 0.750. The minimum Gasteiger partial charge on any atom is -0.330 e. The Labute approximate surface area is 125 Å². The van der Waals surface area contributed by atoms with E-state index in [1.165, 1.54) is 36.9 Å². The van der Waals surface area contributed by atoms with Gasteiger partial charge in [0, 0.05) is 6.54 Å². The second kappa shape index (κ2) is 9.15. The maximum absolute atomic E-state index is 5.71. The summed E-state index contributed by atoms with van der Waals surface area (Å²) in [5.41, 5.74) is 8.54. The van der Waals surface area contributed by atoms with Crippen molar-refractivity contribution in [3.63, 3.8) is 0 Å². The first-order valence-electron chi connectivity index (χ1n) is 7.97. The monoisotopic (exact) mass is 276 g/mol. The highest BCUT2D eigenvalue weighted by molar-refractivity contribution is 5.25. The van der Waals surface area contributed by atoms with Gasteiger partial charge < -0.3 is 10.6 Å². The first-order chi connectivity index (χ1) is 9.54. The van der Waals surface area contributed by atoms with Gasteiger partial charge in [0.2, 0.25) is 0 Å². The van der Waals surface area contributed by atoms with E-state index in [1.54, 1.807) is 0 Å². The molecule has 1 rings (SSSR count). The maximum atomic E-state index is 5.71. The lowest BCUT2D eigenvalue weighted by molar-refractivity contribution is 0.278. The van der Waals surface area contributed by atoms with Crippen molar-refractivity contribution >= 4 is 0 Å². The fourth-order valence-corrected chi connectivity index (χ4v) is 2.81. The molecule has 2 nitrogen and oxygen atoms in total. The molecule has 0 saturated heterocycles. The molecule has 0 aliphatic carbocycles. The Hall–Kier alpha value is -0.860. The molecule has 0 bridgehead atoms. The Morgan fingerprint density at radius 2 is 1.85 bits per heavy atom. The van der Waals surface area contributed by atoms with Crippen LogP contribution in [0.25, 0.3) is 0 Å². The van der Waals surface area contributed by atoms with Crippen molar-refractivity contribution < 1.29 is 0 Å². The molecular weight excluding hydrogens is 244 g/mol. The zero-order chi connectivity index (χ0) is 15.0. The average Bonchev–Trinajstić information content (AvgIpc) is 2.40. The van der Waals surface area contributed by atoms with Gasteiger partial charge in [-0.1, -0.05) is 38.1 Å². The molecule has 0 aliphatic heterocycles. The van der Waals surface area contributed by atoms with Crippen molar-refractivity contribution in [3.8, 4) is 0 Å². The normalized spacial score (nSPS) is 13.2. The minimum atomic E-state index is 0.750. The van der Waals surface area contributed by atoms with Crippen LogP contribution in [-0.4, -0.2) is 25.0 Å². The van der Waals surface area contributed by atoms with E-state index < -0.39 is 0 Å². The Morgan fingerprint density at radius 3 is 2.45 bits per heavy atom. The van der Waals surface area contributed by atoms with Crippen molar-refractivity contribution in [1.82, 2.24) is 4.90 Å². The number of nitrogens with two attached hydrogens (primary N) is 1. The fourth-order valence-electron chi connectivity index (χ4n) is 2.81. The SMILES string of the molecule is Cc1ccccc1CN(C)CCCC(CCN)C(C)C. The average molecular weight is 276 g/mol. The summed E-state index contributed by atoms with van der Waals surface area (Å²) in [5, 5.41) is 0. The predicted molar refractivity (Wildman–Crippen MR) is 88.7 cm³/mol. The smallest absolute Gasteiger partial charge is 0.0233 e. The van der Waals surface area contributed by atoms with Crippen LogP contribution in [0.3, 0.4) is 0 Å². The molecular formula is C18H32N2. The van der Waals surface area contributed by atoms with Crippen LogP contribution in [0.5, 0.6) is 0 Å². The number of hydrogen-bond donors (Lipinski definition) is 1. The molecule has 0 heterocycles. The van der Waals surface area contributed by atoms with E-state index in [2.05, 4.69) is 57.0 Å². The van der Waals surface area contributed by atoms with Crippen LogP contribution < -0.4 is 5.73 Å². The van der Waals surface area contributed by atoms with Crippen LogP contribution >= 0.6 is 0 Å². The van der Waals surface area contributed by atoms with E-state index in [9.17, 15) is 0 Å². The lowest BCUT2D eigenvalue weighted by Gasteiger charge is -2.22. The third-order valence-corrected chi connectivity index (χ3v) is 4.30. The van der Waals surface area contributed by atoms with Gasteiger partial charge in [0.05, 0.1) is 0 Å². The Balaban J connectivity index is 2.33. The second-order valence-electron chi connectivity index (χ2n) is 6.39. The van der Waals surface area contributed by atoms with Gasteiger partial charge in [-0.25, -0.2) is 0 Å². The molecule has 2 heteroatoms. The van der Waals surface area contributed by atoms with E-state index in [1.807, 2.05) is 0 Å². The quantitative estimate of drug-likeness (QED) is 0.743. The van der Waals surface area contributed by atoms with E-state index in [0.29, 0.717) is 0 Å². The number of benzene rings is 1. The molecule has 0 aromatic heterocycles. The molecule has 1 aromatic rings. The summed E-state index contributed by atoms with van der Waals surface area (Å²) in [6.07, 6.45) is 3.73. The van der Waals surface area contributed by atoms with Crippen molar-refractivity contribution in [3.05, 3.63) is 35.4 Å². The van der Waals surface area contributed by atoms with Gasteiger partial charge in [0.25, 0.3) is 0 Å². The molecule has 20 heavy (non-hydrogen) atoms. The number of hydrogen-bond acceptors (Lipinski definition) is 2. The van der Waals surface area contributed by atoms with Gasteiger partial charge >= 0.3 is 0 Å². The first kappa shape index (κ1) is 17.2. The summed E-state index contributed by atoms with van der Waals surface area (Å²) < 4.78 is 0. The highest BCUT2D eigenvalue weighted by atomic mass is 15.1. The zero-order valence-corrected chi connectivity index (χ0v) is 13.7. The predicted octanol–water partition coefficient (Wildman–Crippen LogP) is 3.83. The highest BCUT2D eigenvalue weighted by Gasteiger charge is 2.12. The third-order valence-electron chi connectivity index (χ3n) is 4.30. The molecule has 1 aromatic carbocycles. The van der Waals surface area contributed by atoms with Crippen LogP contribution in [0.15, 0.2) is 24.3 Å². The van der Waals surface area contributed by atoms with Gasteiger partial charge in [-0.2, -0.15) is 0 Å². The first-order valence-corrected chi connectivity index (χ1v) is 7.97. The summed E-state index contributed by atoms with van der Waals surface area (Å²) in [4.78, 5) is 2.43. The van der Waals surface area contributed by atoms with Gasteiger partial charge in [-0.3, -0.25) is 0 Å². The van der Waals surface area contributed by atoms with Gasteiger partial charge in [0.15, 0.2) is 0 Å². The van der Waals surface area contributed by atoms with Crippen molar-refractivity contribution in [2.75, 3.05) is 20.1 Å². The standard InChI is InChI=1S/C18H32N2/c1-15(2)17(11-12-19)10-7-13-20(4)14-18-9-6-5-8-16(18)3/h5-6,8-9,15,17H,7,10-14,19H2,1-4H3. The third kappa shape index (κ3) is 6.06. The summed E-state index contributed by atoms with van der Waals surface area (Å²) in [7, 11) is 2.22. The Morgan fingerprint density at radius 1 is 1.15 bits per heavy atom. The molecule has 0 amide bonds. The summed E-state index contributed by atoms with van der Waals surface area (Å²) in [6, 6.07) is 8.67. The van der Waals surface area contributed by atoms with Crippen molar-refractivity contribution in [1.29, 1.82) is 0 Å². The summed E-state index contributed by atoms with van der Waals surface area (Å²) >= 11 is 0. The number of nitrogens with zero attached hydrogens (tertiary/aromatic N) is 1. The van der Waals surface area contributed by atoms with Crippen LogP contribution in [-0.2, 0) is 6.54 Å². The van der Waals surface area contributed by atoms with Crippen LogP contribution in [0.2, 0.25) is 0 Å². The van der Waals surface area contributed by atoms with Crippen LogP contribution in [0, 0.1) is 18.8 Å². The van der Waals surface area contributed by atoms with Gasteiger partial charge in [-0.15, -0.1) is 0 Å². The Kier molecular flexibility index (Phi) is 7.86.